The molecule has 0 radical (unpaired) electrons. The molecule has 1 nitrogen and oxygen atoms in total. The maximum absolute atomic E-state index is 13.3. The molecular formula is C34H52OSe. The molecule has 4 saturated carbocycles. The first kappa shape index (κ1) is 27.0. The molecule has 4 fully saturated rings. The molecular weight excluding hydrogens is 503 g/mol. The molecule has 4 aliphatic rings. The van der Waals surface area contributed by atoms with Crippen molar-refractivity contribution in [1.29, 1.82) is 0 Å². The van der Waals surface area contributed by atoms with Crippen molar-refractivity contribution in [3.05, 3.63) is 29.8 Å². The average molecular weight is 556 g/mol. The summed E-state index contributed by atoms with van der Waals surface area (Å²) in [6.07, 6.45) is 14.8. The first-order valence-electron chi connectivity index (χ1n) is 15.4. The molecule has 1 aromatic rings. The van der Waals surface area contributed by atoms with Gasteiger partial charge >= 0.3 is 209 Å². The van der Waals surface area contributed by atoms with Crippen molar-refractivity contribution in [3.8, 4) is 0 Å². The van der Waals surface area contributed by atoms with E-state index in [1.807, 2.05) is 0 Å². The van der Waals surface area contributed by atoms with Crippen molar-refractivity contribution in [1.82, 2.24) is 0 Å². The van der Waals surface area contributed by atoms with Crippen molar-refractivity contribution in [3.63, 3.8) is 0 Å². The van der Waals surface area contributed by atoms with Gasteiger partial charge in [-0.3, -0.25) is 0 Å². The average Bonchev–Trinajstić information content (AvgIpc) is 3.19. The second-order valence-corrected chi connectivity index (χ2v) is 17.0. The summed E-state index contributed by atoms with van der Waals surface area (Å²) in [4.78, 5) is 13.6. The molecule has 4 unspecified atom stereocenters. The van der Waals surface area contributed by atoms with Crippen LogP contribution in [-0.4, -0.2) is 20.7 Å². The first-order valence-corrected chi connectivity index (χ1v) is 17.2. The fourth-order valence-corrected chi connectivity index (χ4v) is 13.1. The zero-order valence-electron chi connectivity index (χ0n) is 24.0. The topological polar surface area (TPSA) is 17.1 Å². The van der Waals surface area contributed by atoms with E-state index in [-0.39, 0.29) is 15.0 Å². The monoisotopic (exact) mass is 556 g/mol. The first-order chi connectivity index (χ1) is 17.1. The van der Waals surface area contributed by atoms with Crippen molar-refractivity contribution in [2.75, 3.05) is 0 Å². The van der Waals surface area contributed by atoms with Crippen LogP contribution in [0.1, 0.15) is 111 Å². The third-order valence-corrected chi connectivity index (χ3v) is 14.9. The van der Waals surface area contributed by atoms with Crippen LogP contribution in [0.3, 0.4) is 0 Å². The van der Waals surface area contributed by atoms with Gasteiger partial charge in [0, 0.05) is 0 Å². The van der Waals surface area contributed by atoms with Gasteiger partial charge in [-0.2, -0.15) is 0 Å². The van der Waals surface area contributed by atoms with Gasteiger partial charge in [0.15, 0.2) is 0 Å². The summed E-state index contributed by atoms with van der Waals surface area (Å²) < 4.78 is 1.43. The maximum atomic E-state index is 13.3. The van der Waals surface area contributed by atoms with Gasteiger partial charge in [0.2, 0.25) is 0 Å². The Balaban J connectivity index is 1.31. The van der Waals surface area contributed by atoms with E-state index in [1.54, 1.807) is 0 Å². The van der Waals surface area contributed by atoms with Crippen LogP contribution in [0.2, 0.25) is 4.82 Å². The number of carbonyl (C=O) groups is 1. The van der Waals surface area contributed by atoms with Gasteiger partial charge in [0.05, 0.1) is 0 Å². The molecule has 4 aliphatic carbocycles. The predicted octanol–water partition coefficient (Wildman–Crippen LogP) is 8.41. The Morgan fingerprint density at radius 3 is 2.28 bits per heavy atom. The number of Topliss-reactive ketones (excluding diaryl/α,β-unsaturated/α-hetero) is 1. The Morgan fingerprint density at radius 1 is 0.861 bits per heavy atom. The number of aryl methyl sites for hydroxylation is 1. The van der Waals surface area contributed by atoms with E-state index in [0.29, 0.717) is 27.3 Å². The van der Waals surface area contributed by atoms with E-state index < -0.39 is 0 Å². The zero-order chi connectivity index (χ0) is 25.7. The molecule has 9 atom stereocenters. The van der Waals surface area contributed by atoms with Crippen LogP contribution < -0.4 is 4.46 Å². The van der Waals surface area contributed by atoms with Crippen molar-refractivity contribution < 1.29 is 4.79 Å². The van der Waals surface area contributed by atoms with Crippen molar-refractivity contribution >= 4 is 25.2 Å². The molecule has 5 rings (SSSR count). The number of hydrogen-bond acceptors (Lipinski definition) is 1. The van der Waals surface area contributed by atoms with E-state index in [4.69, 9.17) is 0 Å². The molecule has 0 bridgehead atoms. The van der Waals surface area contributed by atoms with E-state index in [9.17, 15) is 4.79 Å². The Kier molecular flexibility index (Phi) is 7.89. The van der Waals surface area contributed by atoms with Gasteiger partial charge in [-0.1, -0.05) is 13.8 Å². The Hall–Kier alpha value is -0.591. The fraction of sp³-hybridized carbons (Fsp3) is 0.794. The summed E-state index contributed by atoms with van der Waals surface area (Å²) in [6.45, 7) is 14.9. The number of hydrogen-bond donors (Lipinski definition) is 0. The molecule has 0 amide bonds. The molecule has 0 saturated heterocycles. The van der Waals surface area contributed by atoms with Crippen LogP contribution in [0.4, 0.5) is 0 Å². The molecule has 0 spiro atoms. The van der Waals surface area contributed by atoms with Crippen LogP contribution in [0.5, 0.6) is 0 Å². The molecule has 0 N–H and O–H groups in total. The summed E-state index contributed by atoms with van der Waals surface area (Å²) >= 11 is 0.275. The molecule has 200 valence electrons. The minimum atomic E-state index is 0.275. The van der Waals surface area contributed by atoms with Crippen molar-refractivity contribution in [2.24, 2.45) is 52.3 Å². The Bertz CT molecular complexity index is 920. The predicted molar refractivity (Wildman–Crippen MR) is 154 cm³/mol. The molecule has 0 heterocycles. The molecule has 0 aliphatic heterocycles. The van der Waals surface area contributed by atoms with Gasteiger partial charge < -0.3 is 0 Å². The van der Waals surface area contributed by atoms with E-state index in [1.165, 1.54) is 67.8 Å². The van der Waals surface area contributed by atoms with Crippen LogP contribution >= 0.6 is 0 Å². The van der Waals surface area contributed by atoms with Crippen LogP contribution in [0.25, 0.3) is 0 Å². The van der Waals surface area contributed by atoms with Crippen LogP contribution in [-0.2, 0) is 4.79 Å². The summed E-state index contributed by atoms with van der Waals surface area (Å²) in [7, 11) is 0. The molecule has 36 heavy (non-hydrogen) atoms. The summed E-state index contributed by atoms with van der Waals surface area (Å²) in [5.74, 6) is 6.58. The molecule has 0 aromatic heterocycles. The van der Waals surface area contributed by atoms with E-state index in [0.717, 1.165) is 48.3 Å². The Morgan fingerprint density at radius 2 is 1.56 bits per heavy atom. The van der Waals surface area contributed by atoms with Crippen LogP contribution in [0.15, 0.2) is 24.3 Å². The van der Waals surface area contributed by atoms with E-state index in [2.05, 4.69) is 65.8 Å². The zero-order valence-corrected chi connectivity index (χ0v) is 25.7. The normalized spacial score (nSPS) is 41.0. The fourth-order valence-electron chi connectivity index (χ4n) is 10.0. The number of benzene rings is 1. The summed E-state index contributed by atoms with van der Waals surface area (Å²) in [6, 6.07) is 9.08. The number of carbonyl (C=O) groups excluding carboxylic acids is 1. The van der Waals surface area contributed by atoms with Gasteiger partial charge in [-0.25, -0.2) is 0 Å². The third-order valence-electron chi connectivity index (χ3n) is 12.0. The Labute approximate surface area is 228 Å². The molecule has 1 aromatic carbocycles. The standard InChI is InChI=1S/C34H52OSe/c1-22(2)8-7-9-24(4)27-16-17-28-26-14-15-30-32(36-25-12-10-23(3)11-13-25)31(35)19-21-34(30,6)29(26)18-20-33(27,28)5/h10-13,22,24,26-30,32H,7-9,14-21H2,1-6H3/t24?,26?,27-,28?,29?,30-,32-,33-,34-/m1/s1. The van der Waals surface area contributed by atoms with Crippen molar-refractivity contribution in [2.45, 2.75) is 117 Å². The second-order valence-electron chi connectivity index (χ2n) is 14.4. The van der Waals surface area contributed by atoms with Gasteiger partial charge in [0.1, 0.15) is 0 Å². The van der Waals surface area contributed by atoms with Gasteiger partial charge in [-0.15, -0.1) is 0 Å². The van der Waals surface area contributed by atoms with Crippen LogP contribution in [0, 0.1) is 59.2 Å². The SMILES string of the molecule is Cc1ccc([Se][C@H]2C(=O)CC[C@]3(C)C4CC[C@@]5(C)C(CC[C@@H]5C(C)CCCC(C)C)C4CC[C@H]23)cc1. The molecule has 2 heteroatoms. The third kappa shape index (κ3) is 4.81. The summed E-state index contributed by atoms with van der Waals surface area (Å²) in [5.41, 5.74) is 2.28. The van der Waals surface area contributed by atoms with Gasteiger partial charge in [-0.05, 0) is 5.92 Å². The van der Waals surface area contributed by atoms with Gasteiger partial charge in [0.25, 0.3) is 0 Å². The number of fused-ring (bicyclic) bond motifs is 5. The minimum absolute atomic E-state index is 0.275. The number of rotatable bonds is 7. The number of ketones is 1. The van der Waals surface area contributed by atoms with E-state index >= 15 is 0 Å². The quantitative estimate of drug-likeness (QED) is 0.309. The second kappa shape index (κ2) is 10.5. The summed E-state index contributed by atoms with van der Waals surface area (Å²) in [5, 5.41) is 0.